The van der Waals surface area contributed by atoms with Gasteiger partial charge in [0, 0.05) is 17.1 Å². The molecule has 7 heteroatoms. The van der Waals surface area contributed by atoms with Gasteiger partial charge in [-0.15, -0.1) is 0 Å². The Morgan fingerprint density at radius 2 is 1.83 bits per heavy atom. The maximum atomic E-state index is 12.9. The number of urea groups is 1. The van der Waals surface area contributed by atoms with Crippen LogP contribution in [0.4, 0.5) is 29.3 Å². The monoisotopic (exact) mass is 319 g/mol. The van der Waals surface area contributed by atoms with Gasteiger partial charge in [0.15, 0.2) is 0 Å². The molecular weight excluding hydrogens is 307 g/mol. The molecule has 0 aliphatic heterocycles. The van der Waals surface area contributed by atoms with Crippen molar-refractivity contribution in [3.05, 3.63) is 60.3 Å². The first-order valence-corrected chi connectivity index (χ1v) is 6.71. The normalized spacial score (nSPS) is 11.6. The van der Waals surface area contributed by atoms with Crippen molar-refractivity contribution in [1.82, 2.24) is 4.98 Å². The number of hydrogen-bond donors (Lipinski definition) is 2. The van der Waals surface area contributed by atoms with E-state index in [1.54, 1.807) is 30.5 Å². The van der Waals surface area contributed by atoms with Gasteiger partial charge in [-0.2, -0.15) is 13.2 Å². The van der Waals surface area contributed by atoms with E-state index in [1.807, 2.05) is 0 Å². The maximum absolute atomic E-state index is 12.9. The van der Waals surface area contributed by atoms with E-state index in [1.165, 1.54) is 12.1 Å². The summed E-state index contributed by atoms with van der Waals surface area (Å²) in [6.45, 7) is 0. The Morgan fingerprint density at radius 1 is 1.09 bits per heavy atom. The number of hydrogen-bond acceptors (Lipinski definition) is 1. The topological polar surface area (TPSA) is 62.1 Å². The number of aromatic amines is 1. The molecule has 4 nitrogen and oxygen atoms in total. The number of H-pyrrole nitrogens is 1. The van der Waals surface area contributed by atoms with Crippen LogP contribution in [-0.2, 0) is 6.18 Å². The molecule has 2 aromatic carbocycles. The second-order valence-electron chi connectivity index (χ2n) is 4.94. The second kappa shape index (κ2) is 5.35. The third-order valence-corrected chi connectivity index (χ3v) is 3.46. The summed E-state index contributed by atoms with van der Waals surface area (Å²) in [4.78, 5) is 15.9. The minimum Gasteiger partial charge on any atom is -0.361 e. The van der Waals surface area contributed by atoms with Gasteiger partial charge in [-0.3, -0.25) is 4.90 Å². The Kier molecular flexibility index (Phi) is 3.48. The SMILES string of the molecule is NC(=O)N(c1cccc(C(F)(F)F)c1)c1cccc2[nH]ccc12. The number of nitrogens with zero attached hydrogens (tertiary/aromatic N) is 1. The van der Waals surface area contributed by atoms with Crippen LogP contribution in [0.25, 0.3) is 10.9 Å². The van der Waals surface area contributed by atoms with Crippen molar-refractivity contribution in [2.45, 2.75) is 6.18 Å². The van der Waals surface area contributed by atoms with E-state index in [4.69, 9.17) is 5.73 Å². The van der Waals surface area contributed by atoms with Gasteiger partial charge in [-0.05, 0) is 36.4 Å². The lowest BCUT2D eigenvalue weighted by Gasteiger charge is -2.22. The first kappa shape index (κ1) is 15.0. The summed E-state index contributed by atoms with van der Waals surface area (Å²) in [7, 11) is 0. The minimum atomic E-state index is -4.50. The van der Waals surface area contributed by atoms with Crippen LogP contribution in [0.5, 0.6) is 0 Å². The molecular formula is C16H12F3N3O. The fourth-order valence-electron chi connectivity index (χ4n) is 2.47. The number of amides is 2. The van der Waals surface area contributed by atoms with E-state index in [0.29, 0.717) is 11.1 Å². The summed E-state index contributed by atoms with van der Waals surface area (Å²) in [5, 5.41) is 0.684. The molecule has 0 saturated heterocycles. The fourth-order valence-corrected chi connectivity index (χ4v) is 2.47. The number of aromatic nitrogens is 1. The van der Waals surface area contributed by atoms with Crippen molar-refractivity contribution in [2.24, 2.45) is 5.73 Å². The Balaban J connectivity index is 2.17. The molecule has 23 heavy (non-hydrogen) atoms. The summed E-state index contributed by atoms with van der Waals surface area (Å²) < 4.78 is 38.7. The lowest BCUT2D eigenvalue weighted by Crippen LogP contribution is -2.31. The number of anilines is 2. The number of alkyl halides is 3. The standard InChI is InChI=1S/C16H12F3N3O/c17-16(18,19)10-3-1-4-11(9-10)22(15(20)23)14-6-2-5-13-12(14)7-8-21-13/h1-9,21H,(H2,20,23). The van der Waals surface area contributed by atoms with Crippen molar-refractivity contribution in [3.63, 3.8) is 0 Å². The van der Waals surface area contributed by atoms with Crippen LogP contribution in [0, 0.1) is 0 Å². The zero-order valence-electron chi connectivity index (χ0n) is 11.8. The molecule has 1 aromatic heterocycles. The van der Waals surface area contributed by atoms with Crippen LogP contribution in [0.2, 0.25) is 0 Å². The Bertz CT molecular complexity index is 870. The zero-order valence-corrected chi connectivity index (χ0v) is 11.8. The van der Waals surface area contributed by atoms with Crippen LogP contribution in [0.15, 0.2) is 54.7 Å². The molecule has 1 heterocycles. The molecule has 3 rings (SSSR count). The van der Waals surface area contributed by atoms with E-state index >= 15 is 0 Å². The van der Waals surface area contributed by atoms with E-state index in [9.17, 15) is 18.0 Å². The van der Waals surface area contributed by atoms with Crippen LogP contribution in [0.3, 0.4) is 0 Å². The molecule has 0 saturated carbocycles. The minimum absolute atomic E-state index is 0.0565. The van der Waals surface area contributed by atoms with Crippen molar-refractivity contribution in [3.8, 4) is 0 Å². The highest BCUT2D eigenvalue weighted by Crippen LogP contribution is 2.35. The number of fused-ring (bicyclic) bond motifs is 1. The van der Waals surface area contributed by atoms with Gasteiger partial charge >= 0.3 is 12.2 Å². The molecule has 3 aromatic rings. The number of primary amides is 1. The summed E-state index contributed by atoms with van der Waals surface area (Å²) in [6, 6.07) is 10.5. The molecule has 0 radical (unpaired) electrons. The highest BCUT2D eigenvalue weighted by atomic mass is 19.4. The van der Waals surface area contributed by atoms with Crippen molar-refractivity contribution in [1.29, 1.82) is 0 Å². The quantitative estimate of drug-likeness (QED) is 0.722. The average Bonchev–Trinajstić information content (AvgIpc) is 2.96. The molecule has 0 bridgehead atoms. The predicted octanol–water partition coefficient (Wildman–Crippen LogP) is 4.40. The number of nitrogens with two attached hydrogens (primary N) is 1. The van der Waals surface area contributed by atoms with Crippen molar-refractivity contribution < 1.29 is 18.0 Å². The van der Waals surface area contributed by atoms with Crippen LogP contribution in [-0.4, -0.2) is 11.0 Å². The number of carbonyl (C=O) groups is 1. The van der Waals surface area contributed by atoms with Gasteiger partial charge in [-0.25, -0.2) is 4.79 Å². The summed E-state index contributed by atoms with van der Waals surface area (Å²) >= 11 is 0. The third kappa shape index (κ3) is 2.73. The van der Waals surface area contributed by atoms with Crippen LogP contribution >= 0.6 is 0 Å². The Hall–Kier alpha value is -2.96. The highest BCUT2D eigenvalue weighted by Gasteiger charge is 2.31. The fraction of sp³-hybridized carbons (Fsp3) is 0.0625. The van der Waals surface area contributed by atoms with Crippen LogP contribution in [0.1, 0.15) is 5.56 Å². The summed E-state index contributed by atoms with van der Waals surface area (Å²) in [5.74, 6) is 0. The summed E-state index contributed by atoms with van der Waals surface area (Å²) in [5.41, 5.74) is 5.79. The Labute approximate surface area is 129 Å². The van der Waals surface area contributed by atoms with Gasteiger partial charge in [0.25, 0.3) is 0 Å². The maximum Gasteiger partial charge on any atom is 0.416 e. The molecule has 118 valence electrons. The predicted molar refractivity (Wildman–Crippen MR) is 81.5 cm³/mol. The molecule has 0 unspecified atom stereocenters. The number of nitrogens with one attached hydrogen (secondary N) is 1. The van der Waals surface area contributed by atoms with Crippen molar-refractivity contribution in [2.75, 3.05) is 4.90 Å². The lowest BCUT2D eigenvalue weighted by atomic mass is 10.1. The second-order valence-corrected chi connectivity index (χ2v) is 4.94. The van der Waals surface area contributed by atoms with Crippen LogP contribution < -0.4 is 10.6 Å². The molecule has 3 N–H and O–H groups in total. The number of benzene rings is 2. The highest BCUT2D eigenvalue weighted by molar-refractivity contribution is 6.06. The number of halogens is 3. The van der Waals surface area contributed by atoms with Gasteiger partial charge < -0.3 is 10.7 Å². The van der Waals surface area contributed by atoms with Gasteiger partial charge in [0.05, 0.1) is 16.9 Å². The van der Waals surface area contributed by atoms with Gasteiger partial charge in [0.1, 0.15) is 0 Å². The average molecular weight is 319 g/mol. The molecule has 0 aliphatic rings. The molecule has 2 amide bonds. The zero-order chi connectivity index (χ0) is 16.6. The van der Waals surface area contributed by atoms with E-state index in [-0.39, 0.29) is 5.69 Å². The van der Waals surface area contributed by atoms with E-state index in [0.717, 1.165) is 22.5 Å². The third-order valence-electron chi connectivity index (χ3n) is 3.46. The van der Waals surface area contributed by atoms with E-state index in [2.05, 4.69) is 4.98 Å². The van der Waals surface area contributed by atoms with Gasteiger partial charge in [-0.1, -0.05) is 12.1 Å². The Morgan fingerprint density at radius 3 is 2.52 bits per heavy atom. The number of carbonyl (C=O) groups excluding carboxylic acids is 1. The van der Waals surface area contributed by atoms with Gasteiger partial charge in [0.2, 0.25) is 0 Å². The summed E-state index contributed by atoms with van der Waals surface area (Å²) in [6.07, 6.45) is -2.82. The van der Waals surface area contributed by atoms with Crippen molar-refractivity contribution >= 4 is 28.3 Å². The molecule has 0 spiro atoms. The lowest BCUT2D eigenvalue weighted by molar-refractivity contribution is -0.137. The first-order chi connectivity index (χ1) is 10.9. The molecule has 0 fully saturated rings. The molecule has 0 aliphatic carbocycles. The first-order valence-electron chi connectivity index (χ1n) is 6.71. The smallest absolute Gasteiger partial charge is 0.361 e. The van der Waals surface area contributed by atoms with E-state index < -0.39 is 17.8 Å². The largest absolute Gasteiger partial charge is 0.416 e. The molecule has 0 atom stereocenters. The number of rotatable bonds is 2.